The van der Waals surface area contributed by atoms with Crippen molar-refractivity contribution < 1.29 is 27.6 Å². The van der Waals surface area contributed by atoms with Crippen molar-refractivity contribution in [2.75, 3.05) is 11.9 Å². The van der Waals surface area contributed by atoms with Gasteiger partial charge in [-0.25, -0.2) is 18.5 Å². The van der Waals surface area contributed by atoms with E-state index in [-0.39, 0.29) is 11.5 Å². The molecule has 156 valence electrons. The number of benzene rings is 2. The number of amides is 4. The summed E-state index contributed by atoms with van der Waals surface area (Å²) in [6.07, 6.45) is 1.32. The third-order valence-electron chi connectivity index (χ3n) is 4.41. The number of nitrogens with one attached hydrogen (secondary N) is 2. The Bertz CT molecular complexity index is 1200. The summed E-state index contributed by atoms with van der Waals surface area (Å²) < 4.78 is 31.9. The zero-order valence-electron chi connectivity index (χ0n) is 15.9. The quantitative estimate of drug-likeness (QED) is 0.483. The number of nitrogens with zero attached hydrogens (tertiary/aromatic N) is 1. The first kappa shape index (κ1) is 20.0. The van der Waals surface area contributed by atoms with Crippen LogP contribution in [0.25, 0.3) is 17.4 Å². The molecule has 0 aliphatic carbocycles. The molecule has 2 N–H and O–H groups in total. The lowest BCUT2D eigenvalue weighted by Crippen LogP contribution is -2.38. The van der Waals surface area contributed by atoms with Gasteiger partial charge in [-0.1, -0.05) is 12.1 Å². The minimum atomic E-state index is -0.762. The van der Waals surface area contributed by atoms with E-state index in [1.807, 2.05) is 0 Å². The molecule has 2 heterocycles. The number of furan rings is 1. The second kappa shape index (κ2) is 8.23. The van der Waals surface area contributed by atoms with E-state index in [1.165, 1.54) is 42.5 Å². The van der Waals surface area contributed by atoms with Crippen LogP contribution in [0.4, 0.5) is 19.3 Å². The van der Waals surface area contributed by atoms with Crippen molar-refractivity contribution >= 4 is 29.6 Å². The normalized spacial score (nSPS) is 14.8. The molecule has 0 spiro atoms. The van der Waals surface area contributed by atoms with E-state index in [4.69, 9.17) is 4.42 Å². The summed E-state index contributed by atoms with van der Waals surface area (Å²) in [4.78, 5) is 37.5. The molecule has 1 saturated heterocycles. The van der Waals surface area contributed by atoms with Crippen molar-refractivity contribution in [3.05, 3.63) is 83.8 Å². The van der Waals surface area contributed by atoms with Gasteiger partial charge in [-0.15, -0.1) is 0 Å². The number of hydrogen-bond donors (Lipinski definition) is 2. The molecule has 3 aromatic rings. The Morgan fingerprint density at radius 1 is 1.03 bits per heavy atom. The Morgan fingerprint density at radius 3 is 2.55 bits per heavy atom. The summed E-state index contributed by atoms with van der Waals surface area (Å²) in [7, 11) is 0. The number of hydrogen-bond acceptors (Lipinski definition) is 4. The highest BCUT2D eigenvalue weighted by Crippen LogP contribution is 2.24. The van der Waals surface area contributed by atoms with Gasteiger partial charge in [0.1, 0.15) is 35.4 Å². The monoisotopic (exact) mass is 423 g/mol. The van der Waals surface area contributed by atoms with Crippen molar-refractivity contribution in [1.82, 2.24) is 10.2 Å². The minimum Gasteiger partial charge on any atom is -0.457 e. The number of halogens is 2. The van der Waals surface area contributed by atoms with Crippen LogP contribution in [0.1, 0.15) is 5.76 Å². The highest BCUT2D eigenvalue weighted by atomic mass is 19.1. The molecular formula is C22H15F2N3O4. The fourth-order valence-corrected chi connectivity index (χ4v) is 2.96. The van der Waals surface area contributed by atoms with Crippen LogP contribution in [0.2, 0.25) is 0 Å². The molecule has 0 unspecified atom stereocenters. The topological polar surface area (TPSA) is 91.7 Å². The van der Waals surface area contributed by atoms with Crippen LogP contribution in [-0.2, 0) is 9.59 Å². The molecule has 9 heteroatoms. The molecule has 2 aromatic carbocycles. The van der Waals surface area contributed by atoms with Gasteiger partial charge >= 0.3 is 6.03 Å². The Hall–Kier alpha value is -4.27. The van der Waals surface area contributed by atoms with Gasteiger partial charge in [-0.2, -0.15) is 0 Å². The van der Waals surface area contributed by atoms with Gasteiger partial charge < -0.3 is 15.1 Å². The van der Waals surface area contributed by atoms with E-state index in [0.29, 0.717) is 17.0 Å². The van der Waals surface area contributed by atoms with Gasteiger partial charge in [0.15, 0.2) is 0 Å². The Morgan fingerprint density at radius 2 is 1.81 bits per heavy atom. The Kier molecular flexibility index (Phi) is 5.31. The molecule has 0 radical (unpaired) electrons. The molecule has 1 fully saturated rings. The Balaban J connectivity index is 1.45. The minimum absolute atomic E-state index is 0.0697. The van der Waals surface area contributed by atoms with E-state index in [9.17, 15) is 23.2 Å². The number of imide groups is 1. The summed E-state index contributed by atoms with van der Waals surface area (Å²) in [6.45, 7) is -0.522. The van der Waals surface area contributed by atoms with Gasteiger partial charge in [0.25, 0.3) is 5.91 Å². The number of rotatable bonds is 5. The van der Waals surface area contributed by atoms with Crippen LogP contribution in [0.15, 0.2) is 70.8 Å². The van der Waals surface area contributed by atoms with Gasteiger partial charge in [0.2, 0.25) is 5.91 Å². The molecule has 1 aliphatic heterocycles. The molecular weight excluding hydrogens is 408 g/mol. The van der Waals surface area contributed by atoms with Crippen LogP contribution in [0.5, 0.6) is 0 Å². The third-order valence-corrected chi connectivity index (χ3v) is 4.41. The van der Waals surface area contributed by atoms with E-state index < -0.39 is 36.0 Å². The van der Waals surface area contributed by atoms with E-state index in [1.54, 1.807) is 24.3 Å². The van der Waals surface area contributed by atoms with E-state index in [0.717, 1.165) is 4.90 Å². The second-order valence-electron chi connectivity index (χ2n) is 6.65. The van der Waals surface area contributed by atoms with Gasteiger partial charge in [-0.3, -0.25) is 9.59 Å². The molecule has 4 rings (SSSR count). The van der Waals surface area contributed by atoms with Crippen molar-refractivity contribution in [3.63, 3.8) is 0 Å². The first-order chi connectivity index (χ1) is 14.9. The maximum atomic E-state index is 13.4. The number of urea groups is 1. The highest BCUT2D eigenvalue weighted by Gasteiger charge is 2.35. The largest absolute Gasteiger partial charge is 0.457 e. The lowest BCUT2D eigenvalue weighted by molar-refractivity contribution is -0.127. The fraction of sp³-hybridized carbons (Fsp3) is 0.0455. The number of anilines is 1. The SMILES string of the molecule is O=C(CN1C(=O)N/C(=C\c2ccc(-c3cccc(F)c3)o2)C1=O)Nc1ccc(F)cc1. The molecule has 1 aromatic heterocycles. The Labute approximate surface area is 175 Å². The maximum Gasteiger partial charge on any atom is 0.329 e. The highest BCUT2D eigenvalue weighted by molar-refractivity contribution is 6.15. The average Bonchev–Trinajstić information content (AvgIpc) is 3.30. The molecule has 4 amide bonds. The fourth-order valence-electron chi connectivity index (χ4n) is 2.96. The number of carbonyl (C=O) groups excluding carboxylic acids is 3. The molecule has 0 saturated carbocycles. The van der Waals surface area contributed by atoms with Crippen molar-refractivity contribution in [1.29, 1.82) is 0 Å². The van der Waals surface area contributed by atoms with E-state index in [2.05, 4.69) is 10.6 Å². The third kappa shape index (κ3) is 4.50. The lowest BCUT2D eigenvalue weighted by Gasteiger charge is -2.11. The number of carbonyl (C=O) groups is 3. The van der Waals surface area contributed by atoms with Crippen LogP contribution in [-0.4, -0.2) is 29.3 Å². The van der Waals surface area contributed by atoms with Crippen LogP contribution in [0.3, 0.4) is 0 Å². The van der Waals surface area contributed by atoms with Crippen molar-refractivity contribution in [3.8, 4) is 11.3 Å². The smallest absolute Gasteiger partial charge is 0.329 e. The zero-order valence-corrected chi connectivity index (χ0v) is 15.9. The predicted molar refractivity (Wildman–Crippen MR) is 107 cm³/mol. The molecule has 0 bridgehead atoms. The molecule has 0 atom stereocenters. The summed E-state index contributed by atoms with van der Waals surface area (Å²) in [5.41, 5.74) is 0.778. The predicted octanol–water partition coefficient (Wildman–Crippen LogP) is 3.76. The average molecular weight is 423 g/mol. The molecule has 1 aliphatic rings. The lowest BCUT2D eigenvalue weighted by atomic mass is 10.2. The summed E-state index contributed by atoms with van der Waals surface area (Å²) in [5.74, 6) is -1.55. The standard InChI is InChI=1S/C22H15F2N3O4/c23-14-4-6-16(7-5-14)25-20(28)12-27-21(29)18(26-22(27)30)11-17-8-9-19(31-17)13-2-1-3-15(24)10-13/h1-11H,12H2,(H,25,28)(H,26,30)/b18-11-. The summed E-state index contributed by atoms with van der Waals surface area (Å²) >= 11 is 0. The van der Waals surface area contributed by atoms with Gasteiger partial charge in [-0.05, 0) is 48.5 Å². The summed E-state index contributed by atoms with van der Waals surface area (Å²) in [5, 5.41) is 4.87. The van der Waals surface area contributed by atoms with Crippen molar-refractivity contribution in [2.24, 2.45) is 0 Å². The first-order valence-corrected chi connectivity index (χ1v) is 9.15. The van der Waals surface area contributed by atoms with Crippen LogP contribution in [0, 0.1) is 11.6 Å². The van der Waals surface area contributed by atoms with Crippen molar-refractivity contribution in [2.45, 2.75) is 0 Å². The molecule has 31 heavy (non-hydrogen) atoms. The first-order valence-electron chi connectivity index (χ1n) is 9.15. The van der Waals surface area contributed by atoms with Gasteiger partial charge in [0.05, 0.1) is 0 Å². The molecule has 7 nitrogen and oxygen atoms in total. The maximum absolute atomic E-state index is 13.4. The van der Waals surface area contributed by atoms with E-state index >= 15 is 0 Å². The summed E-state index contributed by atoms with van der Waals surface area (Å²) in [6, 6.07) is 13.3. The second-order valence-corrected chi connectivity index (χ2v) is 6.65. The zero-order chi connectivity index (χ0) is 22.0. The van der Waals surface area contributed by atoms with Crippen LogP contribution < -0.4 is 10.6 Å². The van der Waals surface area contributed by atoms with Crippen LogP contribution >= 0.6 is 0 Å². The van der Waals surface area contributed by atoms with Gasteiger partial charge in [0, 0.05) is 17.3 Å².